The van der Waals surface area contributed by atoms with Gasteiger partial charge in [0.25, 0.3) is 0 Å². The summed E-state index contributed by atoms with van der Waals surface area (Å²) in [5, 5.41) is 9.33. The summed E-state index contributed by atoms with van der Waals surface area (Å²) in [4.78, 5) is 15.6. The number of aryl methyl sites for hydroxylation is 2. The molecule has 1 unspecified atom stereocenters. The maximum absolute atomic E-state index is 12.8. The lowest BCUT2D eigenvalue weighted by atomic mass is 9.97. The first-order valence-corrected chi connectivity index (χ1v) is 10.3. The Morgan fingerprint density at radius 2 is 1.96 bits per heavy atom. The van der Waals surface area contributed by atoms with E-state index in [9.17, 15) is 18.3 Å². The van der Waals surface area contributed by atoms with Gasteiger partial charge in [-0.2, -0.15) is 0 Å². The van der Waals surface area contributed by atoms with Gasteiger partial charge in [-0.25, -0.2) is 13.2 Å². The number of anilines is 1. The van der Waals surface area contributed by atoms with Crippen LogP contribution in [0, 0.1) is 13.8 Å². The van der Waals surface area contributed by atoms with E-state index >= 15 is 0 Å². The molecule has 1 aromatic heterocycles. The number of benzene rings is 1. The van der Waals surface area contributed by atoms with Crippen LogP contribution in [0.2, 0.25) is 0 Å². The highest BCUT2D eigenvalue weighted by atomic mass is 32.2. The third-order valence-electron chi connectivity index (χ3n) is 4.52. The van der Waals surface area contributed by atoms with Gasteiger partial charge in [0.15, 0.2) is 0 Å². The second-order valence-electron chi connectivity index (χ2n) is 6.62. The molecule has 2 heterocycles. The number of aliphatic carboxylic acids is 1. The van der Waals surface area contributed by atoms with E-state index in [1.807, 2.05) is 19.9 Å². The molecule has 1 aromatic carbocycles. The molecule has 0 saturated carbocycles. The highest BCUT2D eigenvalue weighted by Crippen LogP contribution is 2.40. The van der Waals surface area contributed by atoms with Crippen LogP contribution in [0.3, 0.4) is 0 Å². The summed E-state index contributed by atoms with van der Waals surface area (Å²) in [5.41, 5.74) is 4.12. The van der Waals surface area contributed by atoms with Gasteiger partial charge in [0.05, 0.1) is 18.0 Å². The molecule has 0 saturated heterocycles. The normalized spacial score (nSPS) is 16.6. The van der Waals surface area contributed by atoms with E-state index in [1.54, 1.807) is 31.5 Å². The van der Waals surface area contributed by atoms with E-state index in [1.165, 1.54) is 4.31 Å². The quantitative estimate of drug-likeness (QED) is 0.843. The van der Waals surface area contributed by atoms with Gasteiger partial charge in [-0.15, -0.1) is 0 Å². The number of aromatic nitrogens is 1. The lowest BCUT2D eigenvalue weighted by Crippen LogP contribution is -2.47. The first-order chi connectivity index (χ1) is 12.7. The monoisotopic (exact) mass is 390 g/mol. The van der Waals surface area contributed by atoms with Gasteiger partial charge in [0, 0.05) is 12.4 Å². The topological polar surface area (TPSA) is 96.8 Å². The highest BCUT2D eigenvalue weighted by molar-refractivity contribution is 7.92. The van der Waals surface area contributed by atoms with Crippen LogP contribution in [0.1, 0.15) is 24.5 Å². The standard InChI is InChI=1S/C19H22N2O5S/c1-4-7-27(24,25)21-11-17(19(22)23)26-16-6-5-14(8-15(16)21)18-12(2)9-20-10-13(18)3/h5-6,8-10,17H,4,7,11H2,1-3H3,(H,22,23). The molecule has 0 fully saturated rings. The van der Waals surface area contributed by atoms with Gasteiger partial charge >= 0.3 is 5.97 Å². The van der Waals surface area contributed by atoms with Gasteiger partial charge in [-0.05, 0) is 54.7 Å². The highest BCUT2D eigenvalue weighted by Gasteiger charge is 2.36. The van der Waals surface area contributed by atoms with Crippen LogP contribution in [0.25, 0.3) is 11.1 Å². The summed E-state index contributed by atoms with van der Waals surface area (Å²) in [5.74, 6) is -1.00. The number of rotatable bonds is 5. The second-order valence-corrected chi connectivity index (χ2v) is 8.64. The van der Waals surface area contributed by atoms with Crippen molar-refractivity contribution in [1.29, 1.82) is 0 Å². The fourth-order valence-electron chi connectivity index (χ4n) is 3.32. The van der Waals surface area contributed by atoms with Crippen molar-refractivity contribution in [3.05, 3.63) is 41.7 Å². The molecule has 0 radical (unpaired) electrons. The zero-order valence-corrected chi connectivity index (χ0v) is 16.3. The number of carboxylic acids is 1. The Labute approximate surface area is 158 Å². The molecule has 1 N–H and O–H groups in total. The molecule has 0 aliphatic carbocycles. The Hall–Kier alpha value is -2.61. The Kier molecular flexibility index (Phi) is 5.10. The average molecular weight is 390 g/mol. The van der Waals surface area contributed by atoms with E-state index in [0.29, 0.717) is 12.1 Å². The summed E-state index contributed by atoms with van der Waals surface area (Å²) >= 11 is 0. The van der Waals surface area contributed by atoms with Crippen LogP contribution in [0.4, 0.5) is 5.69 Å². The minimum Gasteiger partial charge on any atom is -0.478 e. The summed E-state index contributed by atoms with van der Waals surface area (Å²) in [6.45, 7) is 5.41. The van der Waals surface area contributed by atoms with Gasteiger partial charge in [0.2, 0.25) is 16.1 Å². The third kappa shape index (κ3) is 3.62. The number of hydrogen-bond acceptors (Lipinski definition) is 5. The largest absolute Gasteiger partial charge is 0.478 e. The van der Waals surface area contributed by atoms with E-state index in [-0.39, 0.29) is 18.0 Å². The van der Waals surface area contributed by atoms with E-state index < -0.39 is 22.1 Å². The predicted molar refractivity (Wildman–Crippen MR) is 103 cm³/mol. The predicted octanol–water partition coefficient (Wildman–Crippen LogP) is 2.76. The van der Waals surface area contributed by atoms with Crippen molar-refractivity contribution in [2.75, 3.05) is 16.6 Å². The third-order valence-corrected chi connectivity index (χ3v) is 6.46. The van der Waals surface area contributed by atoms with Crippen LogP contribution < -0.4 is 9.04 Å². The van der Waals surface area contributed by atoms with Crippen molar-refractivity contribution in [2.45, 2.75) is 33.3 Å². The number of sulfonamides is 1. The number of nitrogens with zero attached hydrogens (tertiary/aromatic N) is 2. The van der Waals surface area contributed by atoms with Crippen LogP contribution in [-0.4, -0.2) is 42.9 Å². The SMILES string of the molecule is CCCS(=O)(=O)N1CC(C(=O)O)Oc2ccc(-c3c(C)cncc3C)cc21. The van der Waals surface area contributed by atoms with Crippen molar-refractivity contribution in [3.8, 4) is 16.9 Å². The zero-order chi connectivity index (χ0) is 19.8. The Morgan fingerprint density at radius 3 is 2.56 bits per heavy atom. The maximum Gasteiger partial charge on any atom is 0.346 e. The second kappa shape index (κ2) is 7.19. The number of pyridine rings is 1. The Balaban J connectivity index is 2.16. The van der Waals surface area contributed by atoms with E-state index in [0.717, 1.165) is 22.3 Å². The molecule has 0 bridgehead atoms. The lowest BCUT2D eigenvalue weighted by molar-refractivity contribution is -0.144. The Bertz CT molecular complexity index is 967. The van der Waals surface area contributed by atoms with Gasteiger partial charge in [-0.3, -0.25) is 9.29 Å². The molecule has 0 spiro atoms. The minimum absolute atomic E-state index is 0.0592. The van der Waals surface area contributed by atoms with Gasteiger partial charge < -0.3 is 9.84 Å². The summed E-state index contributed by atoms with van der Waals surface area (Å²) in [6.07, 6.45) is 2.71. The van der Waals surface area contributed by atoms with E-state index in [2.05, 4.69) is 4.98 Å². The first kappa shape index (κ1) is 19.2. The number of ether oxygens (including phenoxy) is 1. The van der Waals surface area contributed by atoms with Crippen molar-refractivity contribution in [3.63, 3.8) is 0 Å². The van der Waals surface area contributed by atoms with Crippen molar-refractivity contribution >= 4 is 21.7 Å². The van der Waals surface area contributed by atoms with Crippen LogP contribution in [0.5, 0.6) is 5.75 Å². The van der Waals surface area contributed by atoms with Crippen molar-refractivity contribution < 1.29 is 23.1 Å². The molecule has 7 nitrogen and oxygen atoms in total. The molecule has 27 heavy (non-hydrogen) atoms. The maximum atomic E-state index is 12.8. The summed E-state index contributed by atoms with van der Waals surface area (Å²) < 4.78 is 32.2. The fraction of sp³-hybridized carbons (Fsp3) is 0.368. The molecule has 0 amide bonds. The number of hydrogen-bond donors (Lipinski definition) is 1. The van der Waals surface area contributed by atoms with Crippen LogP contribution in [0.15, 0.2) is 30.6 Å². The average Bonchev–Trinajstić information content (AvgIpc) is 2.60. The van der Waals surface area contributed by atoms with Gasteiger partial charge in [0.1, 0.15) is 5.75 Å². The number of fused-ring (bicyclic) bond motifs is 1. The molecule has 144 valence electrons. The zero-order valence-electron chi connectivity index (χ0n) is 15.5. The van der Waals surface area contributed by atoms with Crippen molar-refractivity contribution in [1.82, 2.24) is 4.98 Å². The van der Waals surface area contributed by atoms with E-state index in [4.69, 9.17) is 4.74 Å². The molecule has 2 aromatic rings. The molecule has 3 rings (SSSR count). The lowest BCUT2D eigenvalue weighted by Gasteiger charge is -2.34. The van der Waals surface area contributed by atoms with Crippen LogP contribution >= 0.6 is 0 Å². The molecular weight excluding hydrogens is 368 g/mol. The van der Waals surface area contributed by atoms with Crippen molar-refractivity contribution in [2.24, 2.45) is 0 Å². The molecule has 1 aliphatic rings. The molecule has 1 aliphatic heterocycles. The molecular formula is C19H22N2O5S. The number of carbonyl (C=O) groups is 1. The molecule has 1 atom stereocenters. The smallest absolute Gasteiger partial charge is 0.346 e. The number of carboxylic acid groups (broad SMARTS) is 1. The minimum atomic E-state index is -3.65. The first-order valence-electron chi connectivity index (χ1n) is 8.70. The summed E-state index contributed by atoms with van der Waals surface area (Å²) in [6, 6.07) is 5.19. The van der Waals surface area contributed by atoms with Crippen LogP contribution in [-0.2, 0) is 14.8 Å². The molecule has 8 heteroatoms. The van der Waals surface area contributed by atoms with Gasteiger partial charge in [-0.1, -0.05) is 13.0 Å². The Morgan fingerprint density at radius 1 is 1.30 bits per heavy atom. The fourth-order valence-corrected chi connectivity index (χ4v) is 4.86. The summed E-state index contributed by atoms with van der Waals surface area (Å²) in [7, 11) is -3.65.